The van der Waals surface area contributed by atoms with E-state index >= 15 is 0 Å². The highest BCUT2D eigenvalue weighted by Crippen LogP contribution is 2.33. The third kappa shape index (κ3) is 3.76. The lowest BCUT2D eigenvalue weighted by Crippen LogP contribution is -2.54. The zero-order valence-electron chi connectivity index (χ0n) is 12.7. The smallest absolute Gasteiger partial charge is 0.0933 e. The quantitative estimate of drug-likeness (QED) is 0.875. The second-order valence-electron chi connectivity index (χ2n) is 5.72. The van der Waals surface area contributed by atoms with Gasteiger partial charge in [0, 0.05) is 23.7 Å². The summed E-state index contributed by atoms with van der Waals surface area (Å²) in [4.78, 5) is 2.32. The van der Waals surface area contributed by atoms with Crippen molar-refractivity contribution in [1.29, 1.82) is 0 Å². The Hall–Kier alpha value is -0.650. The van der Waals surface area contributed by atoms with Gasteiger partial charge in [0.2, 0.25) is 0 Å². The molecule has 1 aliphatic rings. The fourth-order valence-corrected chi connectivity index (χ4v) is 3.18. The van der Waals surface area contributed by atoms with Gasteiger partial charge >= 0.3 is 0 Å². The molecule has 21 heavy (non-hydrogen) atoms. The summed E-state index contributed by atoms with van der Waals surface area (Å²) in [6, 6.07) is 8.14. The first-order chi connectivity index (χ1) is 10.1. The Balaban J connectivity index is 2.33. The van der Waals surface area contributed by atoms with Crippen LogP contribution in [-0.2, 0) is 4.74 Å². The Bertz CT molecular complexity index is 458. The number of aliphatic hydroxyl groups excluding tert-OH is 1. The lowest BCUT2D eigenvalue weighted by Gasteiger charge is -2.44. The van der Waals surface area contributed by atoms with Gasteiger partial charge in [-0.1, -0.05) is 36.7 Å². The molecule has 1 heterocycles. The third-order valence-electron chi connectivity index (χ3n) is 4.22. The highest BCUT2D eigenvalue weighted by molar-refractivity contribution is 6.31. The molecule has 4 atom stereocenters. The van der Waals surface area contributed by atoms with Crippen molar-refractivity contribution in [3.8, 4) is 0 Å². The minimum atomic E-state index is -0.157. The number of nitrogens with two attached hydrogens (primary N) is 1. The Morgan fingerprint density at radius 2 is 2.19 bits per heavy atom. The first-order valence-corrected chi connectivity index (χ1v) is 7.94. The highest BCUT2D eigenvalue weighted by Gasteiger charge is 2.35. The molecule has 4 nitrogen and oxygen atoms in total. The number of hydrogen-bond acceptors (Lipinski definition) is 4. The summed E-state index contributed by atoms with van der Waals surface area (Å²) in [6.45, 7) is 5.51. The molecule has 0 saturated carbocycles. The van der Waals surface area contributed by atoms with E-state index in [9.17, 15) is 5.11 Å². The van der Waals surface area contributed by atoms with Crippen molar-refractivity contribution < 1.29 is 9.84 Å². The van der Waals surface area contributed by atoms with Gasteiger partial charge in [0.25, 0.3) is 0 Å². The number of aliphatic hydroxyl groups is 1. The molecule has 4 unspecified atom stereocenters. The van der Waals surface area contributed by atoms with Gasteiger partial charge in [0.15, 0.2) is 0 Å². The van der Waals surface area contributed by atoms with Crippen molar-refractivity contribution in [2.24, 2.45) is 5.73 Å². The molecule has 1 aromatic rings. The molecule has 5 heteroatoms. The summed E-state index contributed by atoms with van der Waals surface area (Å²) in [5.41, 5.74) is 7.45. The molecule has 1 aromatic carbocycles. The molecule has 1 aliphatic heterocycles. The van der Waals surface area contributed by atoms with Crippen LogP contribution in [0, 0.1) is 0 Å². The van der Waals surface area contributed by atoms with E-state index in [4.69, 9.17) is 22.1 Å². The second-order valence-corrected chi connectivity index (χ2v) is 6.13. The molecule has 0 amide bonds. The topological polar surface area (TPSA) is 58.7 Å². The van der Waals surface area contributed by atoms with Gasteiger partial charge in [-0.25, -0.2) is 0 Å². The van der Waals surface area contributed by atoms with Gasteiger partial charge in [-0.3, -0.25) is 4.90 Å². The van der Waals surface area contributed by atoms with E-state index in [0.717, 1.165) is 17.0 Å². The summed E-state index contributed by atoms with van der Waals surface area (Å²) >= 11 is 6.39. The van der Waals surface area contributed by atoms with Crippen molar-refractivity contribution in [2.45, 2.75) is 44.5 Å². The minimum Gasteiger partial charge on any atom is -0.394 e. The fourth-order valence-electron chi connectivity index (χ4n) is 2.93. The molecule has 0 aliphatic carbocycles. The van der Waals surface area contributed by atoms with Crippen LogP contribution in [0.4, 0.5) is 0 Å². The second kappa shape index (κ2) is 7.56. The van der Waals surface area contributed by atoms with Gasteiger partial charge in [0.05, 0.1) is 25.4 Å². The predicted octanol–water partition coefficient (Wildman–Crippen LogP) is 2.20. The molecule has 0 radical (unpaired) electrons. The summed E-state index contributed by atoms with van der Waals surface area (Å²) in [6.07, 6.45) is 0.708. The van der Waals surface area contributed by atoms with Crippen molar-refractivity contribution in [3.63, 3.8) is 0 Å². The molecular weight excluding hydrogens is 288 g/mol. The molecule has 3 N–H and O–H groups in total. The van der Waals surface area contributed by atoms with Gasteiger partial charge in [-0.05, 0) is 25.0 Å². The summed E-state index contributed by atoms with van der Waals surface area (Å²) in [5.74, 6) is 0. The zero-order chi connectivity index (χ0) is 15.4. The van der Waals surface area contributed by atoms with Crippen LogP contribution in [0.15, 0.2) is 24.3 Å². The number of ether oxygens (including phenoxy) is 1. The molecule has 0 aromatic heterocycles. The predicted molar refractivity (Wildman–Crippen MR) is 85.5 cm³/mol. The lowest BCUT2D eigenvalue weighted by atomic mass is 9.94. The number of halogens is 1. The van der Waals surface area contributed by atoms with Crippen LogP contribution >= 0.6 is 11.6 Å². The molecule has 0 spiro atoms. The average Bonchev–Trinajstić information content (AvgIpc) is 2.50. The van der Waals surface area contributed by atoms with Crippen LogP contribution in [0.1, 0.15) is 31.9 Å². The van der Waals surface area contributed by atoms with E-state index in [2.05, 4.69) is 18.7 Å². The van der Waals surface area contributed by atoms with E-state index in [1.54, 1.807) is 0 Å². The number of hydrogen-bond donors (Lipinski definition) is 2. The SMILES string of the molecule is CCC(N)C(c1ccccc1Cl)N1CC(CO)OCC1C. The maximum Gasteiger partial charge on any atom is 0.0933 e. The monoisotopic (exact) mass is 312 g/mol. The van der Waals surface area contributed by atoms with E-state index < -0.39 is 0 Å². The maximum absolute atomic E-state index is 9.39. The third-order valence-corrected chi connectivity index (χ3v) is 4.56. The number of benzene rings is 1. The Morgan fingerprint density at radius 1 is 1.48 bits per heavy atom. The Labute approximate surface area is 131 Å². The molecule has 1 fully saturated rings. The van der Waals surface area contributed by atoms with Gasteiger partial charge in [-0.2, -0.15) is 0 Å². The van der Waals surface area contributed by atoms with Crippen LogP contribution in [0.5, 0.6) is 0 Å². The van der Waals surface area contributed by atoms with Crippen molar-refractivity contribution >= 4 is 11.6 Å². The summed E-state index contributed by atoms with van der Waals surface area (Å²) in [5, 5.41) is 10.1. The van der Waals surface area contributed by atoms with Crippen LogP contribution in [0.25, 0.3) is 0 Å². The first kappa shape index (κ1) is 16.7. The van der Waals surface area contributed by atoms with E-state index in [-0.39, 0.29) is 30.8 Å². The molecule has 2 rings (SSSR count). The lowest BCUT2D eigenvalue weighted by molar-refractivity contribution is -0.0948. The maximum atomic E-state index is 9.39. The molecule has 1 saturated heterocycles. The molecule has 118 valence electrons. The van der Waals surface area contributed by atoms with Crippen molar-refractivity contribution in [1.82, 2.24) is 4.90 Å². The zero-order valence-corrected chi connectivity index (χ0v) is 13.5. The van der Waals surface area contributed by atoms with Crippen molar-refractivity contribution in [2.75, 3.05) is 19.8 Å². The number of rotatable bonds is 5. The minimum absolute atomic E-state index is 0.00945. The van der Waals surface area contributed by atoms with Crippen molar-refractivity contribution in [3.05, 3.63) is 34.9 Å². The number of nitrogens with zero attached hydrogens (tertiary/aromatic N) is 1. The standard InChI is InChI=1S/C16H25ClN2O2/c1-3-15(18)16(13-6-4-5-7-14(13)17)19-8-12(9-20)21-10-11(19)2/h4-7,11-12,15-16,20H,3,8-10,18H2,1-2H3. The Morgan fingerprint density at radius 3 is 2.81 bits per heavy atom. The summed E-state index contributed by atoms with van der Waals surface area (Å²) in [7, 11) is 0. The van der Waals surface area contributed by atoms with Crippen LogP contribution < -0.4 is 5.73 Å². The first-order valence-electron chi connectivity index (χ1n) is 7.56. The van der Waals surface area contributed by atoms with Crippen LogP contribution in [0.2, 0.25) is 5.02 Å². The Kier molecular flexibility index (Phi) is 6.02. The van der Waals surface area contributed by atoms with E-state index in [1.807, 2.05) is 24.3 Å². The molecule has 0 bridgehead atoms. The van der Waals surface area contributed by atoms with Gasteiger partial charge in [0.1, 0.15) is 0 Å². The highest BCUT2D eigenvalue weighted by atomic mass is 35.5. The van der Waals surface area contributed by atoms with E-state index in [0.29, 0.717) is 13.2 Å². The number of morpholine rings is 1. The van der Waals surface area contributed by atoms with Crippen LogP contribution in [-0.4, -0.2) is 48.0 Å². The van der Waals surface area contributed by atoms with Gasteiger partial charge in [-0.15, -0.1) is 0 Å². The normalized spacial score (nSPS) is 26.5. The van der Waals surface area contributed by atoms with Crippen LogP contribution in [0.3, 0.4) is 0 Å². The van der Waals surface area contributed by atoms with Gasteiger partial charge < -0.3 is 15.6 Å². The fraction of sp³-hybridized carbons (Fsp3) is 0.625. The molecular formula is C16H25ClN2O2. The van der Waals surface area contributed by atoms with E-state index in [1.165, 1.54) is 0 Å². The largest absolute Gasteiger partial charge is 0.394 e. The average molecular weight is 313 g/mol. The summed E-state index contributed by atoms with van der Waals surface area (Å²) < 4.78 is 5.63.